The van der Waals surface area contributed by atoms with E-state index in [1.807, 2.05) is 7.05 Å². The van der Waals surface area contributed by atoms with Gasteiger partial charge in [-0.25, -0.2) is 0 Å². The van der Waals surface area contributed by atoms with Crippen LogP contribution in [0.4, 0.5) is 0 Å². The fourth-order valence-electron chi connectivity index (χ4n) is 2.05. The van der Waals surface area contributed by atoms with Gasteiger partial charge in [-0.1, -0.05) is 6.92 Å². The van der Waals surface area contributed by atoms with Crippen molar-refractivity contribution in [2.75, 3.05) is 33.8 Å². The molecular formula is C10H20N2O2. The van der Waals surface area contributed by atoms with Gasteiger partial charge in [0.2, 0.25) is 0 Å². The Hall–Kier alpha value is -0.610. The van der Waals surface area contributed by atoms with Gasteiger partial charge in [0.15, 0.2) is 0 Å². The number of esters is 1. The Bertz CT molecular complexity index is 197. The number of nitrogens with zero attached hydrogens (tertiary/aromatic N) is 1. The quantitative estimate of drug-likeness (QED) is 0.656. The smallest absolute Gasteiger partial charge is 0.319 e. The van der Waals surface area contributed by atoms with E-state index in [1.165, 1.54) is 13.5 Å². The topological polar surface area (TPSA) is 41.6 Å². The summed E-state index contributed by atoms with van der Waals surface area (Å²) in [5.74, 6) is 0.500. The van der Waals surface area contributed by atoms with Crippen LogP contribution in [-0.4, -0.2) is 50.7 Å². The van der Waals surface area contributed by atoms with E-state index in [0.29, 0.717) is 18.5 Å². The van der Waals surface area contributed by atoms with Crippen LogP contribution in [0, 0.1) is 5.92 Å². The molecule has 2 unspecified atom stereocenters. The van der Waals surface area contributed by atoms with Crippen LogP contribution in [0.2, 0.25) is 0 Å². The molecule has 0 spiro atoms. The monoisotopic (exact) mass is 200 g/mol. The second-order valence-corrected chi connectivity index (χ2v) is 4.10. The van der Waals surface area contributed by atoms with Gasteiger partial charge in [-0.2, -0.15) is 0 Å². The van der Waals surface area contributed by atoms with Crippen LogP contribution in [0.15, 0.2) is 0 Å². The first-order chi connectivity index (χ1) is 6.65. The van der Waals surface area contributed by atoms with Crippen LogP contribution in [0.25, 0.3) is 0 Å². The first-order valence-corrected chi connectivity index (χ1v) is 5.12. The first kappa shape index (κ1) is 11.5. The maximum absolute atomic E-state index is 11.1. The highest BCUT2D eigenvalue weighted by atomic mass is 16.5. The van der Waals surface area contributed by atoms with Crippen molar-refractivity contribution in [3.8, 4) is 0 Å². The Kier molecular flexibility index (Phi) is 4.35. The second-order valence-electron chi connectivity index (χ2n) is 4.10. The predicted molar refractivity (Wildman–Crippen MR) is 55.1 cm³/mol. The van der Waals surface area contributed by atoms with Crippen LogP contribution < -0.4 is 5.32 Å². The number of likely N-dealkylation sites (tertiary alicyclic amines) is 1. The summed E-state index contributed by atoms with van der Waals surface area (Å²) in [7, 11) is 3.41. The predicted octanol–water partition coefficient (Wildman–Crippen LogP) is 0.0892. The van der Waals surface area contributed by atoms with Crippen molar-refractivity contribution in [2.45, 2.75) is 19.4 Å². The Morgan fingerprint density at radius 3 is 2.86 bits per heavy atom. The van der Waals surface area contributed by atoms with Gasteiger partial charge in [-0.15, -0.1) is 0 Å². The molecular weight excluding hydrogens is 180 g/mol. The van der Waals surface area contributed by atoms with Crippen molar-refractivity contribution >= 4 is 5.97 Å². The van der Waals surface area contributed by atoms with Crippen molar-refractivity contribution in [1.82, 2.24) is 10.2 Å². The molecule has 14 heavy (non-hydrogen) atoms. The van der Waals surface area contributed by atoms with E-state index in [9.17, 15) is 4.79 Å². The maximum atomic E-state index is 11.1. The standard InChI is InChI=1S/C10H20N2O2/c1-8-4-9(11-2)6-12(5-8)7-10(13)14-3/h8-9,11H,4-7H2,1-3H3. The molecule has 1 aliphatic rings. The van der Waals surface area contributed by atoms with E-state index >= 15 is 0 Å². The Morgan fingerprint density at radius 1 is 1.57 bits per heavy atom. The Labute approximate surface area is 85.6 Å². The summed E-state index contributed by atoms with van der Waals surface area (Å²) in [5.41, 5.74) is 0. The summed E-state index contributed by atoms with van der Waals surface area (Å²) in [6.07, 6.45) is 1.19. The highest BCUT2D eigenvalue weighted by Crippen LogP contribution is 2.15. The largest absolute Gasteiger partial charge is 0.468 e. The Morgan fingerprint density at radius 2 is 2.29 bits per heavy atom. The third-order valence-electron chi connectivity index (χ3n) is 2.72. The van der Waals surface area contributed by atoms with Gasteiger partial charge < -0.3 is 10.1 Å². The van der Waals surface area contributed by atoms with Gasteiger partial charge in [0.1, 0.15) is 0 Å². The molecule has 0 aromatic carbocycles. The molecule has 1 fully saturated rings. The van der Waals surface area contributed by atoms with Gasteiger partial charge in [0, 0.05) is 19.1 Å². The second kappa shape index (κ2) is 5.32. The van der Waals surface area contributed by atoms with E-state index in [0.717, 1.165) is 13.1 Å². The average molecular weight is 200 g/mol. The molecule has 0 aromatic heterocycles. The van der Waals surface area contributed by atoms with Crippen molar-refractivity contribution in [2.24, 2.45) is 5.92 Å². The number of ether oxygens (including phenoxy) is 1. The zero-order valence-corrected chi connectivity index (χ0v) is 9.25. The molecule has 1 saturated heterocycles. The van der Waals surface area contributed by atoms with Crippen molar-refractivity contribution < 1.29 is 9.53 Å². The summed E-state index contributed by atoms with van der Waals surface area (Å²) < 4.78 is 4.66. The van der Waals surface area contributed by atoms with Gasteiger partial charge in [-0.05, 0) is 19.4 Å². The minimum Gasteiger partial charge on any atom is -0.468 e. The van der Waals surface area contributed by atoms with Gasteiger partial charge in [0.25, 0.3) is 0 Å². The third-order valence-corrected chi connectivity index (χ3v) is 2.72. The lowest BCUT2D eigenvalue weighted by Gasteiger charge is -2.35. The van der Waals surface area contributed by atoms with Crippen LogP contribution in [0.5, 0.6) is 0 Å². The van der Waals surface area contributed by atoms with Crippen molar-refractivity contribution in [3.05, 3.63) is 0 Å². The SMILES string of the molecule is CNC1CC(C)CN(CC(=O)OC)C1. The minimum absolute atomic E-state index is 0.144. The fourth-order valence-corrected chi connectivity index (χ4v) is 2.05. The normalized spacial score (nSPS) is 28.8. The number of carbonyl (C=O) groups is 1. The van der Waals surface area contributed by atoms with Crippen molar-refractivity contribution in [3.63, 3.8) is 0 Å². The molecule has 0 saturated carbocycles. The fraction of sp³-hybridized carbons (Fsp3) is 0.900. The van der Waals surface area contributed by atoms with Gasteiger partial charge in [0.05, 0.1) is 13.7 Å². The van der Waals surface area contributed by atoms with Crippen LogP contribution >= 0.6 is 0 Å². The lowest BCUT2D eigenvalue weighted by Crippen LogP contribution is -2.49. The van der Waals surface area contributed by atoms with E-state index < -0.39 is 0 Å². The van der Waals surface area contributed by atoms with Gasteiger partial charge >= 0.3 is 5.97 Å². The highest BCUT2D eigenvalue weighted by Gasteiger charge is 2.24. The molecule has 0 amide bonds. The highest BCUT2D eigenvalue weighted by molar-refractivity contribution is 5.71. The summed E-state index contributed by atoms with van der Waals surface area (Å²) in [6.45, 7) is 4.57. The maximum Gasteiger partial charge on any atom is 0.319 e. The molecule has 2 atom stereocenters. The van der Waals surface area contributed by atoms with Gasteiger partial charge in [-0.3, -0.25) is 9.69 Å². The van der Waals surface area contributed by atoms with Crippen molar-refractivity contribution in [1.29, 1.82) is 0 Å². The molecule has 1 N–H and O–H groups in total. The average Bonchev–Trinajstić information content (AvgIpc) is 2.16. The number of nitrogens with one attached hydrogen (secondary N) is 1. The molecule has 82 valence electrons. The minimum atomic E-state index is -0.144. The van der Waals surface area contributed by atoms with E-state index in [4.69, 9.17) is 0 Å². The van der Waals surface area contributed by atoms with E-state index in [-0.39, 0.29) is 5.97 Å². The number of methoxy groups -OCH3 is 1. The van der Waals surface area contributed by atoms with Crippen LogP contribution in [-0.2, 0) is 9.53 Å². The molecule has 0 aromatic rings. The Balaban J connectivity index is 2.40. The zero-order chi connectivity index (χ0) is 10.6. The molecule has 0 aliphatic carbocycles. The number of piperidine rings is 1. The molecule has 1 rings (SSSR count). The number of rotatable bonds is 3. The molecule has 1 heterocycles. The number of carbonyl (C=O) groups excluding carboxylic acids is 1. The molecule has 0 radical (unpaired) electrons. The van der Waals surface area contributed by atoms with E-state index in [1.54, 1.807) is 0 Å². The zero-order valence-electron chi connectivity index (χ0n) is 9.25. The van der Waals surface area contributed by atoms with Crippen LogP contribution in [0.3, 0.4) is 0 Å². The number of hydrogen-bond acceptors (Lipinski definition) is 4. The third kappa shape index (κ3) is 3.27. The van der Waals surface area contributed by atoms with E-state index in [2.05, 4.69) is 21.9 Å². The lowest BCUT2D eigenvalue weighted by molar-refractivity contribution is -0.142. The first-order valence-electron chi connectivity index (χ1n) is 5.12. The summed E-state index contributed by atoms with van der Waals surface area (Å²) in [4.78, 5) is 13.3. The summed E-state index contributed by atoms with van der Waals surface area (Å²) in [6, 6.07) is 0.503. The molecule has 4 heteroatoms. The summed E-state index contributed by atoms with van der Waals surface area (Å²) >= 11 is 0. The summed E-state index contributed by atoms with van der Waals surface area (Å²) in [5, 5.41) is 3.26. The molecule has 0 bridgehead atoms. The number of hydrogen-bond donors (Lipinski definition) is 1. The number of likely N-dealkylation sites (N-methyl/N-ethyl adjacent to an activating group) is 1. The lowest BCUT2D eigenvalue weighted by atomic mass is 9.96. The molecule has 1 aliphatic heterocycles. The molecule has 4 nitrogen and oxygen atoms in total. The van der Waals surface area contributed by atoms with Crippen LogP contribution in [0.1, 0.15) is 13.3 Å².